The number of rotatable bonds is 5. The standard InChI is InChI=1S/C12H22N4/c1-2-16(9-12-7-14-10-15-12)8-11-4-3-5-13-6-11/h7,10-11,13H,2-6,8-9H2,1H3,(H,14,15). The minimum atomic E-state index is 0.816. The molecule has 1 unspecified atom stereocenters. The van der Waals surface area contributed by atoms with Crippen LogP contribution in [0.2, 0.25) is 0 Å². The van der Waals surface area contributed by atoms with Crippen molar-refractivity contribution in [3.05, 3.63) is 18.2 Å². The molecule has 0 saturated carbocycles. The Balaban J connectivity index is 1.80. The van der Waals surface area contributed by atoms with Gasteiger partial charge in [0.25, 0.3) is 0 Å². The van der Waals surface area contributed by atoms with Gasteiger partial charge in [0.15, 0.2) is 0 Å². The van der Waals surface area contributed by atoms with Crippen molar-refractivity contribution in [3.8, 4) is 0 Å². The van der Waals surface area contributed by atoms with Crippen LogP contribution in [0.15, 0.2) is 12.5 Å². The van der Waals surface area contributed by atoms with E-state index in [-0.39, 0.29) is 0 Å². The summed E-state index contributed by atoms with van der Waals surface area (Å²) in [5, 5.41) is 3.48. The first-order valence-corrected chi connectivity index (χ1v) is 6.28. The summed E-state index contributed by atoms with van der Waals surface area (Å²) in [4.78, 5) is 9.72. The van der Waals surface area contributed by atoms with Crippen LogP contribution in [-0.2, 0) is 6.54 Å². The van der Waals surface area contributed by atoms with Gasteiger partial charge in [-0.3, -0.25) is 4.90 Å². The molecule has 1 aliphatic rings. The molecule has 2 heterocycles. The van der Waals surface area contributed by atoms with Gasteiger partial charge in [0, 0.05) is 25.0 Å². The van der Waals surface area contributed by atoms with Crippen molar-refractivity contribution >= 4 is 0 Å². The van der Waals surface area contributed by atoms with Gasteiger partial charge in [0.1, 0.15) is 0 Å². The summed E-state index contributed by atoms with van der Waals surface area (Å²) in [5.41, 5.74) is 1.21. The second kappa shape index (κ2) is 6.01. The van der Waals surface area contributed by atoms with E-state index in [2.05, 4.69) is 27.1 Å². The second-order valence-corrected chi connectivity index (χ2v) is 4.62. The lowest BCUT2D eigenvalue weighted by Gasteiger charge is -2.29. The predicted molar refractivity (Wildman–Crippen MR) is 65.1 cm³/mol. The van der Waals surface area contributed by atoms with Gasteiger partial charge in [0.05, 0.1) is 6.33 Å². The molecule has 0 amide bonds. The zero-order valence-electron chi connectivity index (χ0n) is 10.1. The molecule has 2 rings (SSSR count). The lowest BCUT2D eigenvalue weighted by Crippen LogP contribution is -2.38. The van der Waals surface area contributed by atoms with E-state index in [1.807, 2.05) is 6.20 Å². The number of nitrogens with one attached hydrogen (secondary N) is 2. The van der Waals surface area contributed by atoms with E-state index in [1.54, 1.807) is 6.33 Å². The van der Waals surface area contributed by atoms with Crippen LogP contribution >= 0.6 is 0 Å². The minimum absolute atomic E-state index is 0.816. The third-order valence-electron chi connectivity index (χ3n) is 3.31. The quantitative estimate of drug-likeness (QED) is 0.787. The van der Waals surface area contributed by atoms with Gasteiger partial charge in [0.2, 0.25) is 0 Å². The first-order chi connectivity index (χ1) is 7.88. The topological polar surface area (TPSA) is 44.0 Å². The van der Waals surface area contributed by atoms with Crippen molar-refractivity contribution < 1.29 is 0 Å². The summed E-state index contributed by atoms with van der Waals surface area (Å²) in [6, 6.07) is 0. The Morgan fingerprint density at radius 3 is 3.12 bits per heavy atom. The average molecular weight is 222 g/mol. The summed E-state index contributed by atoms with van der Waals surface area (Å²) in [5.74, 6) is 0.816. The maximum atomic E-state index is 4.06. The minimum Gasteiger partial charge on any atom is -0.347 e. The highest BCUT2D eigenvalue weighted by Crippen LogP contribution is 2.12. The molecule has 0 aliphatic carbocycles. The van der Waals surface area contributed by atoms with E-state index < -0.39 is 0 Å². The van der Waals surface area contributed by atoms with E-state index in [9.17, 15) is 0 Å². The molecule has 1 aliphatic heterocycles. The van der Waals surface area contributed by atoms with Crippen molar-refractivity contribution in [2.45, 2.75) is 26.3 Å². The number of hydrogen-bond donors (Lipinski definition) is 2. The van der Waals surface area contributed by atoms with Gasteiger partial charge in [-0.2, -0.15) is 0 Å². The number of hydrogen-bond acceptors (Lipinski definition) is 3. The van der Waals surface area contributed by atoms with E-state index >= 15 is 0 Å². The molecule has 0 bridgehead atoms. The highest BCUT2D eigenvalue weighted by molar-refractivity contribution is 4.94. The Morgan fingerprint density at radius 1 is 1.56 bits per heavy atom. The molecule has 0 radical (unpaired) electrons. The van der Waals surface area contributed by atoms with Crippen molar-refractivity contribution in [2.75, 3.05) is 26.2 Å². The summed E-state index contributed by atoms with van der Waals surface area (Å²) < 4.78 is 0. The molecule has 0 spiro atoms. The Bertz CT molecular complexity index is 277. The molecule has 4 heteroatoms. The lowest BCUT2D eigenvalue weighted by molar-refractivity contribution is 0.208. The molecular formula is C12H22N4. The molecule has 1 fully saturated rings. The van der Waals surface area contributed by atoms with Crippen LogP contribution < -0.4 is 5.32 Å². The Labute approximate surface area is 97.4 Å². The molecule has 1 aromatic heterocycles. The number of nitrogens with zero attached hydrogens (tertiary/aromatic N) is 2. The molecule has 2 N–H and O–H groups in total. The lowest BCUT2D eigenvalue weighted by atomic mass is 9.99. The normalized spacial score (nSPS) is 21.5. The summed E-state index contributed by atoms with van der Waals surface area (Å²) in [7, 11) is 0. The SMILES string of the molecule is CCN(Cc1cnc[nH]1)CC1CCCNC1. The van der Waals surface area contributed by atoms with Crippen LogP contribution in [0.4, 0.5) is 0 Å². The van der Waals surface area contributed by atoms with Crippen molar-refractivity contribution in [2.24, 2.45) is 5.92 Å². The molecule has 4 nitrogen and oxygen atoms in total. The zero-order valence-corrected chi connectivity index (χ0v) is 10.1. The first kappa shape index (κ1) is 11.6. The summed E-state index contributed by atoms with van der Waals surface area (Å²) >= 11 is 0. The van der Waals surface area contributed by atoms with Crippen LogP contribution in [0.5, 0.6) is 0 Å². The fraction of sp³-hybridized carbons (Fsp3) is 0.750. The molecule has 1 aromatic rings. The van der Waals surface area contributed by atoms with Gasteiger partial charge in [-0.25, -0.2) is 4.98 Å². The first-order valence-electron chi connectivity index (χ1n) is 6.28. The van der Waals surface area contributed by atoms with Gasteiger partial charge in [-0.05, 0) is 38.4 Å². The van der Waals surface area contributed by atoms with Crippen LogP contribution in [0.25, 0.3) is 0 Å². The van der Waals surface area contributed by atoms with E-state index in [0.29, 0.717) is 0 Å². The van der Waals surface area contributed by atoms with E-state index in [1.165, 1.54) is 38.2 Å². The van der Waals surface area contributed by atoms with Gasteiger partial charge >= 0.3 is 0 Å². The van der Waals surface area contributed by atoms with Crippen LogP contribution in [-0.4, -0.2) is 41.0 Å². The third kappa shape index (κ3) is 3.32. The van der Waals surface area contributed by atoms with Crippen LogP contribution in [0, 0.1) is 5.92 Å². The van der Waals surface area contributed by atoms with Crippen molar-refractivity contribution in [1.29, 1.82) is 0 Å². The number of imidazole rings is 1. The average Bonchev–Trinajstić information content (AvgIpc) is 2.82. The fourth-order valence-electron chi connectivity index (χ4n) is 2.36. The summed E-state index contributed by atoms with van der Waals surface area (Å²) in [6.07, 6.45) is 6.37. The summed E-state index contributed by atoms with van der Waals surface area (Å²) in [6.45, 7) is 7.90. The number of aromatic nitrogens is 2. The Kier molecular flexibility index (Phi) is 4.36. The largest absolute Gasteiger partial charge is 0.347 e. The number of H-pyrrole nitrogens is 1. The second-order valence-electron chi connectivity index (χ2n) is 4.62. The molecule has 0 aromatic carbocycles. The third-order valence-corrected chi connectivity index (χ3v) is 3.31. The number of piperidine rings is 1. The monoisotopic (exact) mass is 222 g/mol. The predicted octanol–water partition coefficient (Wildman–Crippen LogP) is 1.23. The Hall–Kier alpha value is -0.870. The van der Waals surface area contributed by atoms with Crippen molar-refractivity contribution in [3.63, 3.8) is 0 Å². The molecular weight excluding hydrogens is 200 g/mol. The molecule has 1 saturated heterocycles. The fourth-order valence-corrected chi connectivity index (χ4v) is 2.36. The smallest absolute Gasteiger partial charge is 0.0922 e. The van der Waals surface area contributed by atoms with Crippen LogP contribution in [0.3, 0.4) is 0 Å². The highest BCUT2D eigenvalue weighted by atomic mass is 15.1. The highest BCUT2D eigenvalue weighted by Gasteiger charge is 2.16. The van der Waals surface area contributed by atoms with Crippen LogP contribution in [0.1, 0.15) is 25.5 Å². The van der Waals surface area contributed by atoms with Gasteiger partial charge in [-0.15, -0.1) is 0 Å². The van der Waals surface area contributed by atoms with Crippen molar-refractivity contribution in [1.82, 2.24) is 20.2 Å². The van der Waals surface area contributed by atoms with Gasteiger partial charge in [-0.1, -0.05) is 6.92 Å². The van der Waals surface area contributed by atoms with Gasteiger partial charge < -0.3 is 10.3 Å². The molecule has 90 valence electrons. The Morgan fingerprint density at radius 2 is 2.50 bits per heavy atom. The maximum absolute atomic E-state index is 4.06. The maximum Gasteiger partial charge on any atom is 0.0922 e. The number of aromatic amines is 1. The van der Waals surface area contributed by atoms with E-state index in [4.69, 9.17) is 0 Å². The van der Waals surface area contributed by atoms with E-state index in [0.717, 1.165) is 19.0 Å². The molecule has 16 heavy (non-hydrogen) atoms. The molecule has 1 atom stereocenters. The zero-order chi connectivity index (χ0) is 11.2.